The highest BCUT2D eigenvalue weighted by atomic mass is 32.2. The summed E-state index contributed by atoms with van der Waals surface area (Å²) in [6, 6.07) is 13.9. The van der Waals surface area contributed by atoms with Crippen molar-refractivity contribution in [1.29, 1.82) is 0 Å². The lowest BCUT2D eigenvalue weighted by Crippen LogP contribution is -2.50. The number of sulfonamides is 1. The van der Waals surface area contributed by atoms with Crippen molar-refractivity contribution < 1.29 is 17.9 Å². The average Bonchev–Trinajstić information content (AvgIpc) is 3.45. The van der Waals surface area contributed by atoms with E-state index >= 15 is 0 Å². The Labute approximate surface area is 214 Å². The molecule has 2 aromatic carbocycles. The Bertz CT molecular complexity index is 1450. The SMILES string of the molecule is CCOC(=O)c1c(NC2=Nc3ccccc3NC2NS(=O)(=O)c2cccc(NC)c2)sc2c1CCC2. The van der Waals surface area contributed by atoms with Gasteiger partial charge >= 0.3 is 5.97 Å². The number of carbonyl (C=O) groups excluding carboxylic acids is 1. The van der Waals surface area contributed by atoms with Gasteiger partial charge in [-0.3, -0.25) is 0 Å². The van der Waals surface area contributed by atoms with E-state index in [1.807, 2.05) is 24.3 Å². The maximum atomic E-state index is 13.3. The minimum Gasteiger partial charge on any atom is -0.462 e. The molecule has 1 atom stereocenters. The van der Waals surface area contributed by atoms with E-state index in [-0.39, 0.29) is 17.5 Å². The van der Waals surface area contributed by atoms with E-state index in [9.17, 15) is 13.2 Å². The molecule has 9 nitrogen and oxygen atoms in total. The smallest absolute Gasteiger partial charge is 0.341 e. The number of hydrogen-bond donors (Lipinski definition) is 4. The third-order valence-electron chi connectivity index (χ3n) is 6.07. The molecule has 0 amide bonds. The number of nitrogens with zero attached hydrogens (tertiary/aromatic N) is 1. The van der Waals surface area contributed by atoms with E-state index in [1.165, 1.54) is 17.4 Å². The summed E-state index contributed by atoms with van der Waals surface area (Å²) in [5.41, 5.74) is 3.55. The van der Waals surface area contributed by atoms with Crippen LogP contribution in [0.5, 0.6) is 0 Å². The number of amidine groups is 1. The zero-order valence-corrected chi connectivity index (χ0v) is 21.6. The second kappa shape index (κ2) is 9.92. The lowest BCUT2D eigenvalue weighted by molar-refractivity contribution is 0.0527. The minimum absolute atomic E-state index is 0.122. The van der Waals surface area contributed by atoms with Crippen LogP contribution < -0.4 is 20.7 Å². The van der Waals surface area contributed by atoms with E-state index in [1.54, 1.807) is 32.2 Å². The summed E-state index contributed by atoms with van der Waals surface area (Å²) in [7, 11) is -2.18. The van der Waals surface area contributed by atoms with Crippen LogP contribution in [-0.4, -0.2) is 40.0 Å². The van der Waals surface area contributed by atoms with Gasteiger partial charge in [-0.15, -0.1) is 11.3 Å². The highest BCUT2D eigenvalue weighted by molar-refractivity contribution is 7.89. The Morgan fingerprint density at radius 3 is 2.83 bits per heavy atom. The Morgan fingerprint density at radius 2 is 2.03 bits per heavy atom. The van der Waals surface area contributed by atoms with E-state index in [0.717, 1.165) is 29.7 Å². The number of hydrogen-bond acceptors (Lipinski definition) is 9. The lowest BCUT2D eigenvalue weighted by atomic mass is 10.1. The van der Waals surface area contributed by atoms with Crippen molar-refractivity contribution >= 4 is 55.2 Å². The van der Waals surface area contributed by atoms with Crippen molar-refractivity contribution in [2.24, 2.45) is 4.99 Å². The standard InChI is InChI=1S/C25H27N5O4S2/c1-3-34-25(31)21-17-10-7-13-20(17)35-24(21)29-22-23(28-19-12-5-4-11-18(19)27-22)30-36(32,33)16-9-6-8-15(14-16)26-2/h4-6,8-9,11-12,14,23,26,28,30H,3,7,10,13H2,1-2H3,(H,27,29). The quantitative estimate of drug-likeness (QED) is 0.339. The molecule has 0 fully saturated rings. The number of para-hydroxylation sites is 2. The molecule has 3 aromatic rings. The van der Waals surface area contributed by atoms with E-state index in [2.05, 4.69) is 20.7 Å². The van der Waals surface area contributed by atoms with Gasteiger partial charge in [0.25, 0.3) is 0 Å². The van der Waals surface area contributed by atoms with Gasteiger partial charge in [0, 0.05) is 17.6 Å². The molecule has 188 valence electrons. The zero-order valence-electron chi connectivity index (χ0n) is 19.9. The molecule has 0 saturated heterocycles. The second-order valence-corrected chi connectivity index (χ2v) is 11.2. The topological polar surface area (TPSA) is 121 Å². The van der Waals surface area contributed by atoms with Crippen LogP contribution in [0.4, 0.5) is 22.1 Å². The highest BCUT2D eigenvalue weighted by Crippen LogP contribution is 2.40. The van der Waals surface area contributed by atoms with Crippen LogP contribution in [0.1, 0.15) is 34.1 Å². The molecule has 1 aliphatic heterocycles. The number of aliphatic imine (C=N–C) groups is 1. The first-order valence-corrected chi connectivity index (χ1v) is 14.0. The molecule has 0 spiro atoms. The summed E-state index contributed by atoms with van der Waals surface area (Å²) in [5, 5.41) is 10.1. The van der Waals surface area contributed by atoms with Crippen molar-refractivity contribution in [1.82, 2.24) is 4.72 Å². The third kappa shape index (κ3) is 4.69. The third-order valence-corrected chi connectivity index (χ3v) is 8.69. The number of carbonyl (C=O) groups is 1. The molecule has 36 heavy (non-hydrogen) atoms. The molecule has 1 aromatic heterocycles. The predicted molar refractivity (Wildman–Crippen MR) is 143 cm³/mol. The predicted octanol–water partition coefficient (Wildman–Crippen LogP) is 4.33. The Hall–Kier alpha value is -3.41. The number of esters is 1. The first kappa shape index (κ1) is 24.3. The number of ether oxygens (including phenoxy) is 1. The maximum absolute atomic E-state index is 13.3. The minimum atomic E-state index is -3.91. The van der Waals surface area contributed by atoms with E-state index in [0.29, 0.717) is 33.5 Å². The van der Waals surface area contributed by atoms with Crippen LogP contribution in [0, 0.1) is 0 Å². The van der Waals surface area contributed by atoms with E-state index < -0.39 is 16.2 Å². The van der Waals surface area contributed by atoms with Crippen LogP contribution in [0.15, 0.2) is 58.4 Å². The van der Waals surface area contributed by atoms with Crippen LogP contribution >= 0.6 is 11.3 Å². The van der Waals surface area contributed by atoms with Crippen LogP contribution in [-0.2, 0) is 27.6 Å². The molecule has 0 radical (unpaired) electrons. The number of anilines is 3. The van der Waals surface area contributed by atoms with E-state index in [4.69, 9.17) is 9.73 Å². The van der Waals surface area contributed by atoms with Crippen LogP contribution in [0.2, 0.25) is 0 Å². The van der Waals surface area contributed by atoms with Gasteiger partial charge in [0.1, 0.15) is 17.0 Å². The zero-order chi connectivity index (χ0) is 25.3. The Balaban J connectivity index is 1.51. The number of rotatable bonds is 7. The number of benzene rings is 2. The Morgan fingerprint density at radius 1 is 1.19 bits per heavy atom. The molecular weight excluding hydrogens is 498 g/mol. The monoisotopic (exact) mass is 525 g/mol. The first-order chi connectivity index (χ1) is 17.4. The van der Waals surface area contributed by atoms with Gasteiger partial charge in [0.05, 0.1) is 28.4 Å². The van der Waals surface area contributed by atoms with Crippen molar-refractivity contribution in [3.63, 3.8) is 0 Å². The summed E-state index contributed by atoms with van der Waals surface area (Å²) in [6.07, 6.45) is 1.82. The number of thiophene rings is 1. The molecule has 1 aliphatic carbocycles. The molecule has 0 saturated carbocycles. The summed E-state index contributed by atoms with van der Waals surface area (Å²) >= 11 is 1.49. The summed E-state index contributed by atoms with van der Waals surface area (Å²) in [5.74, 6) is -0.0438. The van der Waals surface area contributed by atoms with Crippen molar-refractivity contribution in [2.75, 3.05) is 29.6 Å². The maximum Gasteiger partial charge on any atom is 0.341 e. The molecule has 5 rings (SSSR count). The largest absolute Gasteiger partial charge is 0.462 e. The molecule has 4 N–H and O–H groups in total. The summed E-state index contributed by atoms with van der Waals surface area (Å²) < 4.78 is 34.7. The number of aryl methyl sites for hydroxylation is 1. The first-order valence-electron chi connectivity index (χ1n) is 11.7. The van der Waals surface area contributed by atoms with Crippen molar-refractivity contribution in [3.8, 4) is 0 Å². The molecule has 0 bridgehead atoms. The van der Waals surface area contributed by atoms with Gasteiger partial charge in [-0.25, -0.2) is 18.2 Å². The lowest BCUT2D eigenvalue weighted by Gasteiger charge is -2.28. The van der Waals surface area contributed by atoms with Gasteiger partial charge < -0.3 is 20.7 Å². The fourth-order valence-electron chi connectivity index (χ4n) is 4.37. The van der Waals surface area contributed by atoms with Gasteiger partial charge in [0.2, 0.25) is 10.0 Å². The van der Waals surface area contributed by atoms with Gasteiger partial charge in [0.15, 0.2) is 0 Å². The molecule has 11 heteroatoms. The normalized spacial score (nSPS) is 16.4. The molecule has 2 heterocycles. The summed E-state index contributed by atoms with van der Waals surface area (Å²) in [4.78, 5) is 18.8. The highest BCUT2D eigenvalue weighted by Gasteiger charge is 2.32. The second-order valence-electron chi connectivity index (χ2n) is 8.40. The van der Waals surface area contributed by atoms with Crippen molar-refractivity contribution in [3.05, 3.63) is 64.5 Å². The van der Waals surface area contributed by atoms with Crippen molar-refractivity contribution in [2.45, 2.75) is 37.2 Å². The van der Waals surface area contributed by atoms with Gasteiger partial charge in [-0.1, -0.05) is 18.2 Å². The number of fused-ring (bicyclic) bond motifs is 2. The van der Waals surface area contributed by atoms with Gasteiger partial charge in [-0.05, 0) is 62.1 Å². The van der Waals surface area contributed by atoms with Gasteiger partial charge in [-0.2, -0.15) is 4.72 Å². The van der Waals surface area contributed by atoms with Crippen LogP contribution in [0.3, 0.4) is 0 Å². The fraction of sp³-hybridized carbons (Fsp3) is 0.280. The van der Waals surface area contributed by atoms with Crippen LogP contribution in [0.25, 0.3) is 0 Å². The number of nitrogens with one attached hydrogen (secondary N) is 4. The fourth-order valence-corrected chi connectivity index (χ4v) is 6.81. The molecular formula is C25H27N5O4S2. The Kier molecular flexibility index (Phi) is 6.69. The molecule has 1 unspecified atom stereocenters. The molecule has 2 aliphatic rings. The average molecular weight is 526 g/mol. The summed E-state index contributed by atoms with van der Waals surface area (Å²) in [6.45, 7) is 2.05.